The number of ether oxygens (including phenoxy) is 2. The Morgan fingerprint density at radius 2 is 1.83 bits per heavy atom. The Morgan fingerprint density at radius 3 is 2.51 bits per heavy atom. The van der Waals surface area contributed by atoms with Crippen molar-refractivity contribution in [2.75, 3.05) is 19.5 Å². The quantitative estimate of drug-likeness (QED) is 0.351. The number of aromatic nitrogens is 2. The molecule has 0 bridgehead atoms. The van der Waals surface area contributed by atoms with Gasteiger partial charge in [0.25, 0.3) is 0 Å². The third-order valence-electron chi connectivity index (χ3n) is 5.74. The van der Waals surface area contributed by atoms with Crippen molar-refractivity contribution >= 4 is 29.2 Å². The molecule has 0 spiro atoms. The Balaban J connectivity index is 1.74. The van der Waals surface area contributed by atoms with Gasteiger partial charge in [-0.15, -0.1) is 5.10 Å². The van der Waals surface area contributed by atoms with Crippen molar-refractivity contribution in [3.63, 3.8) is 0 Å². The molecule has 3 N–H and O–H groups in total. The molecule has 4 aromatic rings. The summed E-state index contributed by atoms with van der Waals surface area (Å²) in [6.45, 7) is 2.22. The minimum Gasteiger partial charge on any atom is -0.497 e. The third kappa shape index (κ3) is 4.73. The van der Waals surface area contributed by atoms with Crippen molar-refractivity contribution < 1.29 is 23.9 Å². The standard InChI is InChI=1S/C25H22BFN4O4/c1-14-20-8-15(21-9-17(26(32)33)10-23(27)22(21)12-28)5-7-19(20)25(31-30-14)29-13-16-4-6-18(34-2)11-24(16)35-3/h4-11,32-33H,13H2,1-3H3,(H,29,31). The fraction of sp³-hybridized carbons (Fsp3) is 0.160. The van der Waals surface area contributed by atoms with Crippen LogP contribution < -0.4 is 20.3 Å². The van der Waals surface area contributed by atoms with Crippen molar-refractivity contribution in [1.29, 1.82) is 5.26 Å². The maximum absolute atomic E-state index is 14.5. The lowest BCUT2D eigenvalue weighted by Gasteiger charge is -2.14. The summed E-state index contributed by atoms with van der Waals surface area (Å²) in [5, 5.41) is 41.9. The molecule has 1 heterocycles. The summed E-state index contributed by atoms with van der Waals surface area (Å²) in [7, 11) is 1.31. The molecule has 0 unspecified atom stereocenters. The Bertz CT molecular complexity index is 1460. The van der Waals surface area contributed by atoms with Gasteiger partial charge in [-0.1, -0.05) is 12.1 Å². The highest BCUT2D eigenvalue weighted by Crippen LogP contribution is 2.32. The van der Waals surface area contributed by atoms with Crippen LogP contribution in [0.2, 0.25) is 0 Å². The molecule has 0 aliphatic carbocycles. The van der Waals surface area contributed by atoms with Gasteiger partial charge in [-0.2, -0.15) is 10.4 Å². The van der Waals surface area contributed by atoms with Crippen LogP contribution in [0.4, 0.5) is 10.2 Å². The highest BCUT2D eigenvalue weighted by molar-refractivity contribution is 6.58. The molecule has 0 aliphatic rings. The SMILES string of the molecule is COc1ccc(CNc2nnc(C)c3cc(-c4cc(B(O)O)cc(F)c4C#N)ccc23)c(OC)c1. The molecule has 1 aromatic heterocycles. The zero-order valence-electron chi connectivity index (χ0n) is 19.3. The van der Waals surface area contributed by atoms with Crippen LogP contribution >= 0.6 is 0 Å². The second-order valence-corrected chi connectivity index (χ2v) is 7.84. The number of nitriles is 1. The van der Waals surface area contributed by atoms with Gasteiger partial charge in [-0.3, -0.25) is 0 Å². The second-order valence-electron chi connectivity index (χ2n) is 7.84. The summed E-state index contributed by atoms with van der Waals surface area (Å²) in [4.78, 5) is 0. The van der Waals surface area contributed by atoms with E-state index in [9.17, 15) is 19.7 Å². The number of nitrogens with one attached hydrogen (secondary N) is 1. The van der Waals surface area contributed by atoms with Gasteiger partial charge in [0.05, 0.1) is 25.5 Å². The normalized spacial score (nSPS) is 10.7. The molecular formula is C25H22BFN4O4. The lowest BCUT2D eigenvalue weighted by atomic mass is 9.78. The van der Waals surface area contributed by atoms with Crippen LogP contribution in [-0.2, 0) is 6.54 Å². The molecule has 8 nitrogen and oxygen atoms in total. The van der Waals surface area contributed by atoms with E-state index in [-0.39, 0.29) is 16.6 Å². The molecule has 0 aliphatic heterocycles. The van der Waals surface area contributed by atoms with Crippen LogP contribution in [0.1, 0.15) is 16.8 Å². The van der Waals surface area contributed by atoms with Crippen molar-refractivity contribution in [2.45, 2.75) is 13.5 Å². The van der Waals surface area contributed by atoms with Gasteiger partial charge >= 0.3 is 7.12 Å². The maximum atomic E-state index is 14.5. The second kappa shape index (κ2) is 9.97. The van der Waals surface area contributed by atoms with E-state index in [1.807, 2.05) is 18.2 Å². The predicted octanol–water partition coefficient (Wildman–Crippen LogP) is 2.93. The van der Waals surface area contributed by atoms with E-state index in [4.69, 9.17) is 9.47 Å². The van der Waals surface area contributed by atoms with Gasteiger partial charge in [-0.25, -0.2) is 4.39 Å². The number of rotatable bonds is 7. The van der Waals surface area contributed by atoms with Gasteiger partial charge in [0.2, 0.25) is 0 Å². The smallest absolute Gasteiger partial charge is 0.488 e. The Kier molecular flexibility index (Phi) is 6.82. The van der Waals surface area contributed by atoms with Crippen LogP contribution in [0.3, 0.4) is 0 Å². The third-order valence-corrected chi connectivity index (χ3v) is 5.74. The molecule has 0 saturated carbocycles. The molecule has 176 valence electrons. The van der Waals surface area contributed by atoms with Crippen LogP contribution in [0.15, 0.2) is 48.5 Å². The number of fused-ring (bicyclic) bond motifs is 1. The topological polar surface area (TPSA) is 121 Å². The van der Waals surface area contributed by atoms with Crippen LogP contribution in [0, 0.1) is 24.1 Å². The summed E-state index contributed by atoms with van der Waals surface area (Å²) in [5.41, 5.74) is 2.11. The number of benzene rings is 3. The van der Waals surface area contributed by atoms with E-state index in [1.165, 1.54) is 6.07 Å². The van der Waals surface area contributed by atoms with Crippen molar-refractivity contribution in [3.05, 3.63) is 71.2 Å². The number of hydrogen-bond donors (Lipinski definition) is 3. The molecule has 0 atom stereocenters. The zero-order chi connectivity index (χ0) is 25.1. The Hall–Kier alpha value is -4.20. The van der Waals surface area contributed by atoms with Crippen molar-refractivity contribution in [3.8, 4) is 28.7 Å². The Morgan fingerprint density at radius 1 is 1.03 bits per heavy atom. The summed E-state index contributed by atoms with van der Waals surface area (Å²) in [6, 6.07) is 15.0. The van der Waals surface area contributed by atoms with E-state index in [1.54, 1.807) is 45.4 Å². The predicted molar refractivity (Wildman–Crippen MR) is 131 cm³/mol. The highest BCUT2D eigenvalue weighted by atomic mass is 19.1. The summed E-state index contributed by atoms with van der Waals surface area (Å²) in [5.74, 6) is 1.07. The highest BCUT2D eigenvalue weighted by Gasteiger charge is 2.19. The molecule has 0 amide bonds. The van der Waals surface area contributed by atoms with E-state index in [2.05, 4.69) is 15.5 Å². The molecule has 0 saturated heterocycles. The van der Waals surface area contributed by atoms with Gasteiger partial charge in [0, 0.05) is 34.5 Å². The van der Waals surface area contributed by atoms with E-state index >= 15 is 0 Å². The fourth-order valence-corrected chi connectivity index (χ4v) is 3.88. The maximum Gasteiger partial charge on any atom is 0.488 e. The molecule has 4 rings (SSSR count). The van der Waals surface area contributed by atoms with Gasteiger partial charge in [0.1, 0.15) is 23.4 Å². The summed E-state index contributed by atoms with van der Waals surface area (Å²) >= 11 is 0. The fourth-order valence-electron chi connectivity index (χ4n) is 3.88. The van der Waals surface area contributed by atoms with Crippen LogP contribution in [0.25, 0.3) is 21.9 Å². The van der Waals surface area contributed by atoms with Gasteiger partial charge in [-0.05, 0) is 48.3 Å². The summed E-state index contributed by atoms with van der Waals surface area (Å²) in [6.07, 6.45) is 0. The molecule has 10 heteroatoms. The number of halogens is 1. The Labute approximate surface area is 201 Å². The van der Waals surface area contributed by atoms with Crippen LogP contribution in [0.5, 0.6) is 11.5 Å². The molecule has 0 fully saturated rings. The first-order valence-corrected chi connectivity index (χ1v) is 10.7. The number of aryl methyl sites for hydroxylation is 1. The lowest BCUT2D eigenvalue weighted by molar-refractivity contribution is 0.391. The molecule has 3 aromatic carbocycles. The van der Waals surface area contributed by atoms with E-state index in [0.717, 1.165) is 22.4 Å². The first kappa shape index (κ1) is 23.9. The minimum absolute atomic E-state index is 0.0445. The van der Waals surface area contributed by atoms with E-state index in [0.29, 0.717) is 35.1 Å². The zero-order valence-corrected chi connectivity index (χ0v) is 19.3. The van der Waals surface area contributed by atoms with Gasteiger partial charge < -0.3 is 24.8 Å². The van der Waals surface area contributed by atoms with E-state index < -0.39 is 12.9 Å². The lowest BCUT2D eigenvalue weighted by Crippen LogP contribution is -2.30. The van der Waals surface area contributed by atoms with Crippen molar-refractivity contribution in [2.24, 2.45) is 0 Å². The summed E-state index contributed by atoms with van der Waals surface area (Å²) < 4.78 is 25.2. The van der Waals surface area contributed by atoms with Gasteiger partial charge in [0.15, 0.2) is 5.82 Å². The average molecular weight is 472 g/mol. The first-order chi connectivity index (χ1) is 16.9. The first-order valence-electron chi connectivity index (χ1n) is 10.7. The molecule has 0 radical (unpaired) electrons. The number of nitrogens with zero attached hydrogens (tertiary/aromatic N) is 3. The average Bonchev–Trinajstić information content (AvgIpc) is 2.87. The molecular weight excluding hydrogens is 450 g/mol. The largest absolute Gasteiger partial charge is 0.497 e. The van der Waals surface area contributed by atoms with Crippen molar-refractivity contribution in [1.82, 2.24) is 10.2 Å². The minimum atomic E-state index is -1.87. The number of anilines is 1. The number of hydrogen-bond acceptors (Lipinski definition) is 8. The number of methoxy groups -OCH3 is 2. The molecule has 35 heavy (non-hydrogen) atoms. The van der Waals surface area contributed by atoms with Crippen LogP contribution in [-0.4, -0.2) is 41.6 Å². The monoisotopic (exact) mass is 472 g/mol.